The second-order valence-corrected chi connectivity index (χ2v) is 6.02. The summed E-state index contributed by atoms with van der Waals surface area (Å²) >= 11 is 6.21. The molecule has 106 valence electrons. The minimum absolute atomic E-state index is 0.0182. The maximum atomic E-state index is 6.21. The maximum absolute atomic E-state index is 6.21. The minimum Gasteiger partial charge on any atom is -0.374 e. The van der Waals surface area contributed by atoms with Crippen molar-refractivity contribution in [3.63, 3.8) is 0 Å². The first-order chi connectivity index (χ1) is 9.68. The Hall–Kier alpha value is -1.16. The van der Waals surface area contributed by atoms with Crippen molar-refractivity contribution in [1.82, 2.24) is 10.3 Å². The maximum Gasteiger partial charge on any atom is 0.0779 e. The summed E-state index contributed by atoms with van der Waals surface area (Å²) < 4.78 is 5.79. The van der Waals surface area contributed by atoms with Crippen LogP contribution in [0, 0.1) is 0 Å². The molecule has 1 aliphatic heterocycles. The molecule has 0 radical (unpaired) electrons. The molecule has 0 bridgehead atoms. The van der Waals surface area contributed by atoms with Crippen LogP contribution in [0.2, 0.25) is 5.02 Å². The van der Waals surface area contributed by atoms with Crippen molar-refractivity contribution in [2.45, 2.75) is 31.9 Å². The Morgan fingerprint density at radius 1 is 1.40 bits per heavy atom. The molecule has 4 heteroatoms. The summed E-state index contributed by atoms with van der Waals surface area (Å²) in [6, 6.07) is 7.91. The molecule has 1 unspecified atom stereocenters. The van der Waals surface area contributed by atoms with E-state index < -0.39 is 0 Å². The molecular formula is C16H19ClN2O. The standard InChI is InChI=1S/C16H19ClN2O/c1-16(7-3-9-20-16)11-18-10-12-5-6-14(17)13-4-2-8-19-15(12)13/h2,4-6,8,18H,3,7,9-11H2,1H3. The molecular weight excluding hydrogens is 272 g/mol. The van der Waals surface area contributed by atoms with Gasteiger partial charge in [-0.15, -0.1) is 0 Å². The van der Waals surface area contributed by atoms with Crippen LogP contribution in [0.15, 0.2) is 30.5 Å². The summed E-state index contributed by atoms with van der Waals surface area (Å²) in [5.74, 6) is 0. The predicted molar refractivity (Wildman–Crippen MR) is 82.1 cm³/mol. The van der Waals surface area contributed by atoms with Gasteiger partial charge in [-0.3, -0.25) is 4.98 Å². The topological polar surface area (TPSA) is 34.2 Å². The van der Waals surface area contributed by atoms with Gasteiger partial charge in [0, 0.05) is 36.3 Å². The molecule has 20 heavy (non-hydrogen) atoms. The number of nitrogens with one attached hydrogen (secondary N) is 1. The van der Waals surface area contributed by atoms with E-state index in [1.807, 2.05) is 30.5 Å². The van der Waals surface area contributed by atoms with E-state index in [1.54, 1.807) is 0 Å². The van der Waals surface area contributed by atoms with E-state index in [-0.39, 0.29) is 5.60 Å². The predicted octanol–water partition coefficient (Wildman–Crippen LogP) is 3.55. The Balaban J connectivity index is 1.73. The minimum atomic E-state index is -0.0182. The van der Waals surface area contributed by atoms with Gasteiger partial charge in [0.2, 0.25) is 0 Å². The quantitative estimate of drug-likeness (QED) is 0.935. The largest absolute Gasteiger partial charge is 0.374 e. The Labute approximate surface area is 124 Å². The van der Waals surface area contributed by atoms with Crippen LogP contribution in [0.1, 0.15) is 25.3 Å². The molecule has 1 aliphatic rings. The lowest BCUT2D eigenvalue weighted by Gasteiger charge is -2.23. The molecule has 1 saturated heterocycles. The summed E-state index contributed by atoms with van der Waals surface area (Å²) in [5, 5.41) is 5.25. The molecule has 1 aromatic carbocycles. The molecule has 0 spiro atoms. The zero-order valence-electron chi connectivity index (χ0n) is 11.7. The van der Waals surface area contributed by atoms with Gasteiger partial charge in [0.25, 0.3) is 0 Å². The number of hydrogen-bond acceptors (Lipinski definition) is 3. The molecule has 1 N–H and O–H groups in total. The molecule has 2 aromatic rings. The summed E-state index contributed by atoms with van der Waals surface area (Å²) in [4.78, 5) is 4.45. The zero-order valence-corrected chi connectivity index (χ0v) is 12.4. The lowest BCUT2D eigenvalue weighted by Crippen LogP contribution is -2.36. The van der Waals surface area contributed by atoms with E-state index in [0.717, 1.165) is 48.5 Å². The highest BCUT2D eigenvalue weighted by molar-refractivity contribution is 6.35. The Kier molecular flexibility index (Phi) is 3.92. The number of ether oxygens (including phenoxy) is 1. The number of halogens is 1. The van der Waals surface area contributed by atoms with Crippen molar-refractivity contribution in [2.24, 2.45) is 0 Å². The molecule has 0 aliphatic carbocycles. The van der Waals surface area contributed by atoms with Gasteiger partial charge in [-0.25, -0.2) is 0 Å². The smallest absolute Gasteiger partial charge is 0.0779 e. The van der Waals surface area contributed by atoms with Crippen LogP contribution in [0.3, 0.4) is 0 Å². The highest BCUT2D eigenvalue weighted by Crippen LogP contribution is 2.26. The Bertz CT molecular complexity index is 608. The van der Waals surface area contributed by atoms with E-state index in [4.69, 9.17) is 16.3 Å². The number of benzene rings is 1. The van der Waals surface area contributed by atoms with E-state index in [2.05, 4.69) is 17.2 Å². The Morgan fingerprint density at radius 2 is 2.30 bits per heavy atom. The monoisotopic (exact) mass is 290 g/mol. The van der Waals surface area contributed by atoms with Crippen LogP contribution in [0.4, 0.5) is 0 Å². The lowest BCUT2D eigenvalue weighted by molar-refractivity contribution is 0.0207. The lowest BCUT2D eigenvalue weighted by atomic mass is 10.0. The van der Waals surface area contributed by atoms with Crippen molar-refractivity contribution in [3.8, 4) is 0 Å². The number of pyridine rings is 1. The van der Waals surface area contributed by atoms with Crippen molar-refractivity contribution < 1.29 is 4.74 Å². The fourth-order valence-corrected chi connectivity index (χ4v) is 2.99. The van der Waals surface area contributed by atoms with Crippen LogP contribution < -0.4 is 5.32 Å². The van der Waals surface area contributed by atoms with Gasteiger partial charge in [0.1, 0.15) is 0 Å². The van der Waals surface area contributed by atoms with Gasteiger partial charge < -0.3 is 10.1 Å². The average Bonchev–Trinajstić information content (AvgIpc) is 2.89. The Morgan fingerprint density at radius 3 is 3.10 bits per heavy atom. The average molecular weight is 291 g/mol. The number of rotatable bonds is 4. The molecule has 1 fully saturated rings. The molecule has 0 amide bonds. The van der Waals surface area contributed by atoms with Gasteiger partial charge in [-0.05, 0) is 43.5 Å². The van der Waals surface area contributed by atoms with Crippen molar-refractivity contribution in [1.29, 1.82) is 0 Å². The third-order valence-corrected chi connectivity index (χ3v) is 4.24. The first-order valence-electron chi connectivity index (χ1n) is 7.05. The van der Waals surface area contributed by atoms with Gasteiger partial charge in [0.15, 0.2) is 0 Å². The highest BCUT2D eigenvalue weighted by Gasteiger charge is 2.29. The fraction of sp³-hybridized carbons (Fsp3) is 0.438. The van der Waals surface area contributed by atoms with Gasteiger partial charge in [0.05, 0.1) is 11.1 Å². The molecule has 0 saturated carbocycles. The number of fused-ring (bicyclic) bond motifs is 1. The third-order valence-electron chi connectivity index (χ3n) is 3.91. The third kappa shape index (κ3) is 2.80. The van der Waals surface area contributed by atoms with Crippen LogP contribution in [-0.4, -0.2) is 23.7 Å². The van der Waals surface area contributed by atoms with Crippen LogP contribution in [-0.2, 0) is 11.3 Å². The van der Waals surface area contributed by atoms with E-state index in [0.29, 0.717) is 0 Å². The number of aromatic nitrogens is 1. The normalized spacial score (nSPS) is 22.5. The van der Waals surface area contributed by atoms with Crippen molar-refractivity contribution in [2.75, 3.05) is 13.2 Å². The number of hydrogen-bond donors (Lipinski definition) is 1. The van der Waals surface area contributed by atoms with E-state index >= 15 is 0 Å². The summed E-state index contributed by atoms with van der Waals surface area (Å²) in [7, 11) is 0. The van der Waals surface area contributed by atoms with Crippen molar-refractivity contribution >= 4 is 22.5 Å². The van der Waals surface area contributed by atoms with Gasteiger partial charge >= 0.3 is 0 Å². The van der Waals surface area contributed by atoms with Crippen LogP contribution in [0.25, 0.3) is 10.9 Å². The number of nitrogens with zero attached hydrogens (tertiary/aromatic N) is 1. The first kappa shape index (κ1) is 13.8. The molecule has 3 nitrogen and oxygen atoms in total. The molecule has 1 aromatic heterocycles. The highest BCUT2D eigenvalue weighted by atomic mass is 35.5. The van der Waals surface area contributed by atoms with E-state index in [1.165, 1.54) is 5.56 Å². The fourth-order valence-electron chi connectivity index (χ4n) is 2.78. The summed E-state index contributed by atoms with van der Waals surface area (Å²) in [5.41, 5.74) is 2.13. The molecule has 3 rings (SSSR count). The van der Waals surface area contributed by atoms with Crippen LogP contribution in [0.5, 0.6) is 0 Å². The first-order valence-corrected chi connectivity index (χ1v) is 7.43. The zero-order chi connectivity index (χ0) is 14.0. The van der Waals surface area contributed by atoms with Crippen molar-refractivity contribution in [3.05, 3.63) is 41.0 Å². The van der Waals surface area contributed by atoms with Gasteiger partial charge in [-0.2, -0.15) is 0 Å². The second-order valence-electron chi connectivity index (χ2n) is 5.61. The molecule has 1 atom stereocenters. The summed E-state index contributed by atoms with van der Waals surface area (Å²) in [6.07, 6.45) is 4.09. The van der Waals surface area contributed by atoms with Gasteiger partial charge in [-0.1, -0.05) is 17.7 Å². The summed E-state index contributed by atoms with van der Waals surface area (Å²) in [6.45, 7) is 4.70. The second kappa shape index (κ2) is 5.68. The SMILES string of the molecule is CC1(CNCc2ccc(Cl)c3cccnc23)CCCO1. The molecule has 2 heterocycles. The van der Waals surface area contributed by atoms with E-state index in [9.17, 15) is 0 Å². The van der Waals surface area contributed by atoms with Crippen LogP contribution >= 0.6 is 11.6 Å².